The maximum absolute atomic E-state index is 7.00. The first-order valence-corrected chi connectivity index (χ1v) is 6.40. The summed E-state index contributed by atoms with van der Waals surface area (Å²) in [6.07, 6.45) is 9.69. The van der Waals surface area contributed by atoms with Gasteiger partial charge >= 0.3 is 26.2 Å². The normalized spacial score (nSPS) is 12.2. The quantitative estimate of drug-likeness (QED) is 0.749. The molecule has 0 aromatic heterocycles. The van der Waals surface area contributed by atoms with Crippen molar-refractivity contribution in [3.05, 3.63) is 14.4 Å². The number of ether oxygens (including phenoxy) is 1. The summed E-state index contributed by atoms with van der Waals surface area (Å²) in [6.45, 7) is 8.10. The molecule has 1 rings (SSSR count). The first-order valence-electron chi connectivity index (χ1n) is 6.40. The zero-order valence-electron chi connectivity index (χ0n) is 13.6. The molecule has 0 unspecified atom stereocenters. The van der Waals surface area contributed by atoms with E-state index in [1.807, 2.05) is 0 Å². The molecule has 0 aromatic rings. The van der Waals surface area contributed by atoms with Gasteiger partial charge in [-0.15, -0.1) is 0 Å². The molecule has 1 saturated carbocycles. The fourth-order valence-corrected chi connectivity index (χ4v) is 1.59. The van der Waals surface area contributed by atoms with Crippen molar-refractivity contribution in [2.75, 3.05) is 21.3 Å². The van der Waals surface area contributed by atoms with E-state index in [1.54, 1.807) is 14.2 Å². The Balaban J connectivity index is -0.0000000489. The van der Waals surface area contributed by atoms with E-state index >= 15 is 0 Å². The molecule has 0 aromatic carbocycles. The number of hydrogen-bond donors (Lipinski definition) is 1. The fraction of sp³-hybridized carbons (Fsp3) is 0.867. The monoisotopic (exact) mass is 338 g/mol. The fourth-order valence-electron chi connectivity index (χ4n) is 1.59. The maximum atomic E-state index is 7.00. The van der Waals surface area contributed by atoms with Crippen LogP contribution in [0.5, 0.6) is 0 Å². The molecule has 1 N–H and O–H groups in total. The number of hydrogen-bond acceptors (Lipinski definition) is 2. The molecular formula is C15H36O2Zr. The van der Waals surface area contributed by atoms with Gasteiger partial charge in [-0.25, -0.2) is 0 Å². The molecule has 0 aliphatic heterocycles. The smallest absolute Gasteiger partial charge is 0.400 e. The second-order valence-corrected chi connectivity index (χ2v) is 3.91. The Labute approximate surface area is 136 Å². The zero-order chi connectivity index (χ0) is 13.2. The van der Waals surface area contributed by atoms with Gasteiger partial charge in [0.25, 0.3) is 0 Å². The third kappa shape index (κ3) is 36.0. The molecule has 3 heteroatoms. The number of aliphatic hydroxyl groups is 1. The standard InChI is InChI=1S/C8H15.C3H8.C2H6O.CH4O.CH3.Zr/c1-2-5-8-6-3-4-7-8;2*1-3-2;1-2;;/h8H,1-7H2;3H2,1-2H3;1-2H3;2H,1H3;1H3;/q-1;;;;-1;+2. The summed E-state index contributed by atoms with van der Waals surface area (Å²) in [5, 5.41) is 7.00. The van der Waals surface area contributed by atoms with Crippen molar-refractivity contribution in [2.45, 2.75) is 58.8 Å². The van der Waals surface area contributed by atoms with E-state index < -0.39 is 0 Å². The average molecular weight is 340 g/mol. The molecule has 0 amide bonds. The molecule has 112 valence electrons. The van der Waals surface area contributed by atoms with Crippen LogP contribution in [0.1, 0.15) is 58.8 Å². The van der Waals surface area contributed by atoms with E-state index in [4.69, 9.17) is 5.11 Å². The van der Waals surface area contributed by atoms with Crippen molar-refractivity contribution in [3.8, 4) is 0 Å². The first kappa shape index (κ1) is 31.3. The van der Waals surface area contributed by atoms with E-state index in [2.05, 4.69) is 25.5 Å². The van der Waals surface area contributed by atoms with Crippen LogP contribution >= 0.6 is 0 Å². The summed E-state index contributed by atoms with van der Waals surface area (Å²) in [5.41, 5.74) is 0. The summed E-state index contributed by atoms with van der Waals surface area (Å²) < 4.78 is 4.25. The third-order valence-corrected chi connectivity index (χ3v) is 2.09. The second kappa shape index (κ2) is 36.1. The van der Waals surface area contributed by atoms with Crippen LogP contribution in [-0.4, -0.2) is 26.4 Å². The molecule has 0 radical (unpaired) electrons. The molecule has 18 heavy (non-hydrogen) atoms. The van der Waals surface area contributed by atoms with Gasteiger partial charge in [0.2, 0.25) is 0 Å². The van der Waals surface area contributed by atoms with E-state index in [0.717, 1.165) is 19.4 Å². The van der Waals surface area contributed by atoms with Crippen molar-refractivity contribution in [2.24, 2.45) is 5.92 Å². The van der Waals surface area contributed by atoms with Gasteiger partial charge in [0, 0.05) is 21.3 Å². The molecule has 0 spiro atoms. The van der Waals surface area contributed by atoms with Gasteiger partial charge in [0.05, 0.1) is 0 Å². The van der Waals surface area contributed by atoms with Crippen LogP contribution < -0.4 is 0 Å². The Kier molecular flexibility index (Phi) is 62.7. The van der Waals surface area contributed by atoms with E-state index in [9.17, 15) is 0 Å². The predicted molar refractivity (Wildman–Crippen MR) is 80.0 cm³/mol. The Hall–Kier alpha value is 0.803. The Morgan fingerprint density at radius 3 is 1.61 bits per heavy atom. The minimum atomic E-state index is 0. The van der Waals surface area contributed by atoms with Crippen molar-refractivity contribution >= 4 is 0 Å². The summed E-state index contributed by atoms with van der Waals surface area (Å²) in [4.78, 5) is 0. The molecule has 1 fully saturated rings. The van der Waals surface area contributed by atoms with Gasteiger partial charge in [-0.3, -0.25) is 0 Å². The van der Waals surface area contributed by atoms with Crippen LogP contribution in [0.25, 0.3) is 0 Å². The molecule has 0 atom stereocenters. The van der Waals surface area contributed by atoms with Crippen molar-refractivity contribution in [1.29, 1.82) is 0 Å². The topological polar surface area (TPSA) is 29.5 Å². The van der Waals surface area contributed by atoms with Gasteiger partial charge in [0.1, 0.15) is 0 Å². The van der Waals surface area contributed by atoms with Gasteiger partial charge in [-0.2, -0.15) is 6.42 Å². The average Bonchev–Trinajstić information content (AvgIpc) is 2.77. The number of aliphatic hydroxyl groups excluding tert-OH is 1. The largest absolute Gasteiger partial charge is 2.00 e. The second-order valence-electron chi connectivity index (χ2n) is 3.91. The minimum absolute atomic E-state index is 0. The third-order valence-electron chi connectivity index (χ3n) is 2.09. The molecule has 2 nitrogen and oxygen atoms in total. The van der Waals surface area contributed by atoms with Gasteiger partial charge in [-0.1, -0.05) is 52.4 Å². The van der Waals surface area contributed by atoms with Crippen LogP contribution in [0.3, 0.4) is 0 Å². The Bertz CT molecular complexity index is 82.6. The Morgan fingerprint density at radius 2 is 1.39 bits per heavy atom. The summed E-state index contributed by atoms with van der Waals surface area (Å²) >= 11 is 0. The van der Waals surface area contributed by atoms with Crippen LogP contribution in [0, 0.1) is 20.3 Å². The van der Waals surface area contributed by atoms with Crippen LogP contribution in [-0.2, 0) is 30.9 Å². The van der Waals surface area contributed by atoms with Crippen molar-refractivity contribution < 1.29 is 36.0 Å². The number of rotatable bonds is 2. The van der Waals surface area contributed by atoms with Crippen LogP contribution in [0.2, 0.25) is 0 Å². The van der Waals surface area contributed by atoms with Crippen LogP contribution in [0.4, 0.5) is 0 Å². The Morgan fingerprint density at radius 1 is 1.11 bits per heavy atom. The molecule has 0 bridgehead atoms. The first-order chi connectivity index (χ1) is 7.76. The molecule has 1 aliphatic rings. The summed E-state index contributed by atoms with van der Waals surface area (Å²) in [7, 11) is 4.25. The van der Waals surface area contributed by atoms with Crippen LogP contribution in [0.15, 0.2) is 0 Å². The van der Waals surface area contributed by atoms with Crippen molar-refractivity contribution in [3.63, 3.8) is 0 Å². The zero-order valence-corrected chi connectivity index (χ0v) is 16.0. The summed E-state index contributed by atoms with van der Waals surface area (Å²) in [6, 6.07) is 0. The van der Waals surface area contributed by atoms with E-state index in [-0.39, 0.29) is 33.6 Å². The maximum Gasteiger partial charge on any atom is 2.00 e. The summed E-state index contributed by atoms with van der Waals surface area (Å²) in [5.74, 6) is 1.05. The van der Waals surface area contributed by atoms with Gasteiger partial charge in [0.15, 0.2) is 0 Å². The van der Waals surface area contributed by atoms with Crippen molar-refractivity contribution in [1.82, 2.24) is 0 Å². The SMILES string of the molecule is CCC.CO.COC.[CH2-]CCC1CCCC1.[CH3-].[Zr+2]. The molecule has 0 heterocycles. The van der Waals surface area contributed by atoms with Gasteiger partial charge in [-0.05, 0) is 5.92 Å². The van der Waals surface area contributed by atoms with E-state index in [1.165, 1.54) is 38.5 Å². The number of methoxy groups -OCH3 is 1. The molecule has 1 aliphatic carbocycles. The predicted octanol–water partition coefficient (Wildman–Crippen LogP) is 4.53. The molecular weight excluding hydrogens is 303 g/mol. The molecule has 0 saturated heterocycles. The van der Waals surface area contributed by atoms with Gasteiger partial charge < -0.3 is 24.2 Å². The van der Waals surface area contributed by atoms with E-state index in [0.29, 0.717) is 0 Å². The minimum Gasteiger partial charge on any atom is -0.400 e.